The molecule has 3 aromatic carbocycles. The van der Waals surface area contributed by atoms with E-state index in [1.165, 1.54) is 0 Å². The van der Waals surface area contributed by atoms with Gasteiger partial charge in [-0.15, -0.1) is 0 Å². The number of nitrogens with one attached hydrogen (secondary N) is 2. The van der Waals surface area contributed by atoms with Gasteiger partial charge in [0.25, 0.3) is 5.91 Å². The van der Waals surface area contributed by atoms with E-state index in [1.54, 1.807) is 54.4 Å². The van der Waals surface area contributed by atoms with Gasteiger partial charge in [0, 0.05) is 42.0 Å². The molecule has 0 saturated carbocycles. The predicted octanol–water partition coefficient (Wildman–Crippen LogP) is 4.81. The summed E-state index contributed by atoms with van der Waals surface area (Å²) >= 11 is 6.14. The quantitative estimate of drug-likeness (QED) is 0.342. The van der Waals surface area contributed by atoms with E-state index in [2.05, 4.69) is 10.6 Å². The largest absolute Gasteiger partial charge is 0.481 e. The Labute approximate surface area is 226 Å². The summed E-state index contributed by atoms with van der Waals surface area (Å²) in [6.07, 6.45) is 0.319. The number of amides is 2. The lowest BCUT2D eigenvalue weighted by Crippen LogP contribution is -2.29. The number of fused-ring (bicyclic) bond motifs is 1. The van der Waals surface area contributed by atoms with Crippen molar-refractivity contribution in [3.8, 4) is 0 Å². The number of nitrogens with zero attached hydrogens (tertiary/aromatic N) is 2. The van der Waals surface area contributed by atoms with E-state index >= 15 is 0 Å². The molecule has 0 saturated heterocycles. The second-order valence-electron chi connectivity index (χ2n) is 9.34. The lowest BCUT2D eigenvalue weighted by molar-refractivity contribution is -0.136. The molecule has 0 spiro atoms. The van der Waals surface area contributed by atoms with Crippen molar-refractivity contribution in [3.63, 3.8) is 0 Å². The third-order valence-corrected chi connectivity index (χ3v) is 6.48. The normalized spacial score (nSPS) is 13.7. The summed E-state index contributed by atoms with van der Waals surface area (Å²) in [6.45, 7) is 0.666. The van der Waals surface area contributed by atoms with Crippen molar-refractivity contribution >= 4 is 57.7 Å². The fourth-order valence-corrected chi connectivity index (χ4v) is 4.35. The molecule has 1 aliphatic heterocycles. The van der Waals surface area contributed by atoms with Crippen LogP contribution in [0.1, 0.15) is 23.1 Å². The van der Waals surface area contributed by atoms with Crippen LogP contribution >= 0.6 is 11.6 Å². The average molecular weight is 533 g/mol. The maximum atomic E-state index is 13.1. The van der Waals surface area contributed by atoms with Crippen LogP contribution in [0, 0.1) is 0 Å². The van der Waals surface area contributed by atoms with Gasteiger partial charge in [-0.1, -0.05) is 41.9 Å². The minimum Gasteiger partial charge on any atom is -0.481 e. The highest BCUT2D eigenvalue weighted by molar-refractivity contribution is 6.38. The molecule has 8 nitrogen and oxygen atoms in total. The molecular weight excluding hydrogens is 504 g/mol. The number of rotatable bonds is 9. The molecule has 3 aromatic rings. The summed E-state index contributed by atoms with van der Waals surface area (Å²) in [5.41, 5.74) is 5.18. The lowest BCUT2D eigenvalue weighted by atomic mass is 9.98. The van der Waals surface area contributed by atoms with Crippen LogP contribution in [0.3, 0.4) is 0 Å². The molecule has 38 heavy (non-hydrogen) atoms. The van der Waals surface area contributed by atoms with Crippen molar-refractivity contribution in [3.05, 3.63) is 88.4 Å². The third kappa shape index (κ3) is 6.22. The van der Waals surface area contributed by atoms with Crippen molar-refractivity contribution in [1.29, 1.82) is 0 Å². The first-order valence-electron chi connectivity index (χ1n) is 12.1. The standard InChI is InChI=1S/C29H29ClN4O4/c1-33(2)15-14-25(35)34(3)22-11-9-21(10-12-22)31-28(19-6-4-18(5-7-19)16-26(36)37)27-23-13-8-20(30)17-24(23)32-29(27)38/h4-13,17,31H,14-16H2,1-3H3,(H,32,38)(H,36,37). The zero-order chi connectivity index (χ0) is 27.4. The molecular formula is C29H29ClN4O4. The highest BCUT2D eigenvalue weighted by Gasteiger charge is 2.28. The Bertz CT molecular complexity index is 1400. The fraction of sp³-hybridized carbons (Fsp3) is 0.207. The molecule has 4 rings (SSSR count). The zero-order valence-electron chi connectivity index (χ0n) is 21.4. The summed E-state index contributed by atoms with van der Waals surface area (Å²) in [7, 11) is 5.60. The second-order valence-corrected chi connectivity index (χ2v) is 9.78. The summed E-state index contributed by atoms with van der Waals surface area (Å²) in [6, 6.07) is 19.7. The molecule has 196 valence electrons. The summed E-state index contributed by atoms with van der Waals surface area (Å²) in [5.74, 6) is -1.18. The Morgan fingerprint density at radius 2 is 1.66 bits per heavy atom. The number of anilines is 3. The first-order chi connectivity index (χ1) is 18.1. The molecule has 0 atom stereocenters. The van der Waals surface area contributed by atoms with Crippen LogP contribution in [0.15, 0.2) is 66.7 Å². The highest BCUT2D eigenvalue weighted by Crippen LogP contribution is 2.39. The summed E-state index contributed by atoms with van der Waals surface area (Å²) in [5, 5.41) is 15.9. The van der Waals surface area contributed by atoms with Crippen LogP contribution in [-0.4, -0.2) is 55.5 Å². The Morgan fingerprint density at radius 1 is 0.974 bits per heavy atom. The highest BCUT2D eigenvalue weighted by atomic mass is 35.5. The van der Waals surface area contributed by atoms with E-state index in [0.29, 0.717) is 51.6 Å². The number of aliphatic carboxylic acids is 1. The minimum atomic E-state index is -0.916. The Morgan fingerprint density at radius 3 is 2.29 bits per heavy atom. The summed E-state index contributed by atoms with van der Waals surface area (Å²) < 4.78 is 0. The van der Waals surface area contributed by atoms with E-state index in [1.807, 2.05) is 43.3 Å². The van der Waals surface area contributed by atoms with Crippen molar-refractivity contribution in [2.24, 2.45) is 0 Å². The molecule has 3 N–H and O–H groups in total. The fourth-order valence-electron chi connectivity index (χ4n) is 4.18. The van der Waals surface area contributed by atoms with Gasteiger partial charge in [-0.2, -0.15) is 0 Å². The van der Waals surface area contributed by atoms with E-state index in [-0.39, 0.29) is 18.2 Å². The summed E-state index contributed by atoms with van der Waals surface area (Å²) in [4.78, 5) is 40.3. The van der Waals surface area contributed by atoms with Crippen molar-refractivity contribution in [1.82, 2.24) is 4.90 Å². The number of carboxylic acids is 1. The van der Waals surface area contributed by atoms with Gasteiger partial charge in [0.15, 0.2) is 0 Å². The van der Waals surface area contributed by atoms with Gasteiger partial charge < -0.3 is 25.5 Å². The number of halogens is 1. The van der Waals surface area contributed by atoms with Crippen molar-refractivity contribution < 1.29 is 19.5 Å². The SMILES string of the molecule is CN(C)CCC(=O)N(C)c1ccc(NC(=C2C(=O)Nc3cc(Cl)ccc32)c2ccc(CC(=O)O)cc2)cc1. The first kappa shape index (κ1) is 26.9. The van der Waals surface area contributed by atoms with Gasteiger partial charge in [0.1, 0.15) is 0 Å². The van der Waals surface area contributed by atoms with Gasteiger partial charge in [-0.3, -0.25) is 14.4 Å². The predicted molar refractivity (Wildman–Crippen MR) is 151 cm³/mol. The molecule has 0 fully saturated rings. The van der Waals surface area contributed by atoms with Crippen molar-refractivity contribution in [2.45, 2.75) is 12.8 Å². The monoisotopic (exact) mass is 532 g/mol. The number of benzene rings is 3. The van der Waals surface area contributed by atoms with Crippen LogP contribution in [0.4, 0.5) is 17.1 Å². The van der Waals surface area contributed by atoms with Gasteiger partial charge in [-0.05, 0) is 61.6 Å². The van der Waals surface area contributed by atoms with Crippen LogP contribution in [0.2, 0.25) is 5.02 Å². The Hall–Kier alpha value is -4.14. The first-order valence-corrected chi connectivity index (χ1v) is 12.4. The molecule has 1 heterocycles. The molecule has 0 bridgehead atoms. The third-order valence-electron chi connectivity index (χ3n) is 6.25. The molecule has 0 aliphatic carbocycles. The maximum Gasteiger partial charge on any atom is 0.307 e. The van der Waals surface area contributed by atoms with Gasteiger partial charge in [0.2, 0.25) is 5.91 Å². The van der Waals surface area contributed by atoms with Crippen LogP contribution in [0.25, 0.3) is 11.3 Å². The molecule has 2 amide bonds. The van der Waals surface area contributed by atoms with Crippen LogP contribution < -0.4 is 15.5 Å². The number of hydrogen-bond donors (Lipinski definition) is 3. The molecule has 1 aliphatic rings. The van der Waals surface area contributed by atoms with Gasteiger partial charge in [0.05, 0.1) is 23.4 Å². The lowest BCUT2D eigenvalue weighted by Gasteiger charge is -2.20. The van der Waals surface area contributed by atoms with Crippen molar-refractivity contribution in [2.75, 3.05) is 43.2 Å². The second kappa shape index (κ2) is 11.5. The number of carboxylic acid groups (broad SMARTS) is 1. The average Bonchev–Trinajstić information content (AvgIpc) is 3.20. The molecule has 0 aromatic heterocycles. The number of carbonyl (C=O) groups is 3. The number of hydrogen-bond acceptors (Lipinski definition) is 5. The molecule has 0 radical (unpaired) electrons. The van der Waals surface area contributed by atoms with E-state index in [4.69, 9.17) is 16.7 Å². The number of carbonyl (C=O) groups excluding carboxylic acids is 2. The zero-order valence-corrected chi connectivity index (χ0v) is 22.2. The molecule has 0 unspecified atom stereocenters. The van der Waals surface area contributed by atoms with E-state index in [9.17, 15) is 14.4 Å². The Balaban J connectivity index is 1.68. The Kier molecular flexibility index (Phi) is 8.14. The molecule has 9 heteroatoms. The minimum absolute atomic E-state index is 0.0153. The van der Waals surface area contributed by atoms with Crippen LogP contribution in [0.5, 0.6) is 0 Å². The topological polar surface area (TPSA) is 102 Å². The smallest absolute Gasteiger partial charge is 0.307 e. The van der Waals surface area contributed by atoms with E-state index in [0.717, 1.165) is 11.4 Å². The maximum absolute atomic E-state index is 13.1. The van der Waals surface area contributed by atoms with E-state index < -0.39 is 5.97 Å². The van der Waals surface area contributed by atoms with Crippen LogP contribution in [-0.2, 0) is 20.8 Å². The van der Waals surface area contributed by atoms with Gasteiger partial charge in [-0.25, -0.2) is 0 Å². The van der Waals surface area contributed by atoms with Gasteiger partial charge >= 0.3 is 5.97 Å².